The molecule has 2 aromatic rings. The summed E-state index contributed by atoms with van der Waals surface area (Å²) in [6.45, 7) is 0. The largest absolute Gasteiger partial charge is 0.507 e. The number of hydrogen-bond donors (Lipinski definition) is 1. The molecule has 0 atom stereocenters. The zero-order valence-corrected chi connectivity index (χ0v) is 12.4. The second-order valence-corrected chi connectivity index (χ2v) is 5.13. The maximum atomic E-state index is 9.72. The van der Waals surface area contributed by atoms with Crippen molar-refractivity contribution in [3.63, 3.8) is 0 Å². The van der Waals surface area contributed by atoms with Gasteiger partial charge in [-0.2, -0.15) is 0 Å². The van der Waals surface area contributed by atoms with E-state index in [1.54, 1.807) is 49.7 Å². The Morgan fingerprint density at radius 3 is 2.79 bits per heavy atom. The zero-order chi connectivity index (χ0) is 13.8. The van der Waals surface area contributed by atoms with Gasteiger partial charge in [0.2, 0.25) is 0 Å². The number of phenolic OH excluding ortho intramolecular Hbond substituents is 1. The Hall–Kier alpha value is -1.52. The molecule has 3 nitrogen and oxygen atoms in total. The highest BCUT2D eigenvalue weighted by molar-refractivity contribution is 9.10. The molecule has 0 aliphatic rings. The summed E-state index contributed by atoms with van der Waals surface area (Å²) >= 11 is 9.27. The van der Waals surface area contributed by atoms with Crippen LogP contribution in [0, 0.1) is 0 Å². The zero-order valence-electron chi connectivity index (χ0n) is 10.1. The van der Waals surface area contributed by atoms with Crippen molar-refractivity contribution in [1.29, 1.82) is 0 Å². The summed E-state index contributed by atoms with van der Waals surface area (Å²) in [5, 5.41) is 10.3. The number of methoxy groups -OCH3 is 1. The fourth-order valence-electron chi connectivity index (χ4n) is 1.53. The lowest BCUT2D eigenvalue weighted by molar-refractivity contribution is 0.416. The highest BCUT2D eigenvalue weighted by Crippen LogP contribution is 2.30. The summed E-state index contributed by atoms with van der Waals surface area (Å²) in [5.74, 6) is 0.781. The van der Waals surface area contributed by atoms with Crippen molar-refractivity contribution in [1.82, 2.24) is 0 Å². The summed E-state index contributed by atoms with van der Waals surface area (Å²) in [5.41, 5.74) is 1.21. The topological polar surface area (TPSA) is 41.8 Å². The first-order valence-corrected chi connectivity index (χ1v) is 6.63. The summed E-state index contributed by atoms with van der Waals surface area (Å²) in [4.78, 5) is 4.29. The van der Waals surface area contributed by atoms with Crippen LogP contribution in [-0.4, -0.2) is 18.4 Å². The van der Waals surface area contributed by atoms with Crippen LogP contribution in [0.1, 0.15) is 5.56 Å². The predicted octanol–water partition coefficient (Wildman–Crippen LogP) is 4.57. The minimum absolute atomic E-state index is 0.160. The van der Waals surface area contributed by atoms with Crippen LogP contribution in [0.2, 0.25) is 5.02 Å². The maximum absolute atomic E-state index is 9.72. The number of hydrogen-bond acceptors (Lipinski definition) is 3. The van der Waals surface area contributed by atoms with Crippen LogP contribution in [0.4, 0.5) is 5.69 Å². The number of benzene rings is 2. The quantitative estimate of drug-likeness (QED) is 0.832. The average molecular weight is 341 g/mol. The van der Waals surface area contributed by atoms with Gasteiger partial charge in [-0.05, 0) is 36.4 Å². The molecule has 0 bridgehead atoms. The molecular weight excluding hydrogens is 330 g/mol. The van der Waals surface area contributed by atoms with Gasteiger partial charge in [0.15, 0.2) is 0 Å². The molecule has 0 aromatic heterocycles. The van der Waals surface area contributed by atoms with E-state index in [1.807, 2.05) is 0 Å². The molecule has 0 unspecified atom stereocenters. The van der Waals surface area contributed by atoms with Gasteiger partial charge in [0.1, 0.15) is 17.2 Å². The average Bonchev–Trinajstić information content (AvgIpc) is 2.40. The van der Waals surface area contributed by atoms with E-state index in [0.717, 1.165) is 4.47 Å². The van der Waals surface area contributed by atoms with Crippen LogP contribution in [0.15, 0.2) is 45.9 Å². The number of aromatic hydroxyl groups is 1. The Labute approximate surface area is 124 Å². The van der Waals surface area contributed by atoms with Gasteiger partial charge in [0.25, 0.3) is 0 Å². The van der Waals surface area contributed by atoms with Gasteiger partial charge in [-0.3, -0.25) is 4.99 Å². The van der Waals surface area contributed by atoms with Crippen molar-refractivity contribution in [2.45, 2.75) is 0 Å². The van der Waals surface area contributed by atoms with Gasteiger partial charge >= 0.3 is 0 Å². The number of phenols is 1. The highest BCUT2D eigenvalue weighted by atomic mass is 79.9. The fourth-order valence-corrected chi connectivity index (χ4v) is 2.08. The van der Waals surface area contributed by atoms with Crippen LogP contribution in [-0.2, 0) is 0 Å². The van der Waals surface area contributed by atoms with Crippen molar-refractivity contribution in [3.8, 4) is 11.5 Å². The smallest absolute Gasteiger partial charge is 0.144 e. The minimum Gasteiger partial charge on any atom is -0.507 e. The van der Waals surface area contributed by atoms with Gasteiger partial charge in [-0.1, -0.05) is 27.5 Å². The molecular formula is C14H11BrClNO2. The summed E-state index contributed by atoms with van der Waals surface area (Å²) in [6.07, 6.45) is 1.56. The van der Waals surface area contributed by atoms with E-state index < -0.39 is 0 Å². The molecule has 19 heavy (non-hydrogen) atoms. The van der Waals surface area contributed by atoms with Crippen molar-refractivity contribution in [2.24, 2.45) is 4.99 Å². The summed E-state index contributed by atoms with van der Waals surface area (Å²) in [7, 11) is 1.57. The number of aliphatic imine (C=N–C) groups is 1. The van der Waals surface area contributed by atoms with Crippen molar-refractivity contribution < 1.29 is 9.84 Å². The van der Waals surface area contributed by atoms with E-state index in [4.69, 9.17) is 16.3 Å². The molecule has 0 aliphatic heterocycles. The van der Waals surface area contributed by atoms with Gasteiger partial charge in [-0.25, -0.2) is 0 Å². The van der Waals surface area contributed by atoms with Crippen LogP contribution in [0.5, 0.6) is 11.5 Å². The molecule has 0 heterocycles. The van der Waals surface area contributed by atoms with Crippen molar-refractivity contribution >= 4 is 39.4 Å². The first-order valence-electron chi connectivity index (χ1n) is 5.46. The minimum atomic E-state index is 0.160. The molecule has 0 saturated heterocycles. The SMILES string of the molecule is COc1ccc(Cl)cc1N=Cc1cc(Br)ccc1O. The second kappa shape index (κ2) is 6.08. The lowest BCUT2D eigenvalue weighted by atomic mass is 10.2. The molecule has 2 rings (SSSR count). The van der Waals surface area contributed by atoms with E-state index in [1.165, 1.54) is 0 Å². The third-order valence-corrected chi connectivity index (χ3v) is 3.20. The Kier molecular flexibility index (Phi) is 4.45. The molecule has 98 valence electrons. The highest BCUT2D eigenvalue weighted by Gasteiger charge is 2.03. The van der Waals surface area contributed by atoms with Crippen LogP contribution >= 0.6 is 27.5 Å². The lowest BCUT2D eigenvalue weighted by Crippen LogP contribution is -1.85. The third-order valence-electron chi connectivity index (χ3n) is 2.47. The van der Waals surface area contributed by atoms with E-state index in [-0.39, 0.29) is 5.75 Å². The van der Waals surface area contributed by atoms with E-state index >= 15 is 0 Å². The fraction of sp³-hybridized carbons (Fsp3) is 0.0714. The first kappa shape index (κ1) is 13.9. The molecule has 0 aliphatic carbocycles. The van der Waals surface area contributed by atoms with Gasteiger partial charge < -0.3 is 9.84 Å². The van der Waals surface area contributed by atoms with Gasteiger partial charge in [-0.15, -0.1) is 0 Å². The Balaban J connectivity index is 2.37. The predicted molar refractivity (Wildman–Crippen MR) is 81.1 cm³/mol. The molecule has 0 radical (unpaired) electrons. The van der Waals surface area contributed by atoms with Crippen LogP contribution < -0.4 is 4.74 Å². The maximum Gasteiger partial charge on any atom is 0.144 e. The second-order valence-electron chi connectivity index (χ2n) is 3.78. The van der Waals surface area contributed by atoms with Crippen molar-refractivity contribution in [3.05, 3.63) is 51.5 Å². The summed E-state index contributed by atoms with van der Waals surface area (Å²) < 4.78 is 6.06. The molecule has 0 amide bonds. The van der Waals surface area contributed by atoms with E-state index in [9.17, 15) is 5.11 Å². The molecule has 1 N–H and O–H groups in total. The number of ether oxygens (including phenoxy) is 1. The van der Waals surface area contributed by atoms with Gasteiger partial charge in [0, 0.05) is 21.3 Å². The number of rotatable bonds is 3. The number of nitrogens with zero attached hydrogens (tertiary/aromatic N) is 1. The molecule has 0 saturated carbocycles. The van der Waals surface area contributed by atoms with Gasteiger partial charge in [0.05, 0.1) is 7.11 Å². The Morgan fingerprint density at radius 2 is 2.05 bits per heavy atom. The number of halogens is 2. The summed E-state index contributed by atoms with van der Waals surface area (Å²) in [6, 6.07) is 10.3. The van der Waals surface area contributed by atoms with Crippen LogP contribution in [0.25, 0.3) is 0 Å². The van der Waals surface area contributed by atoms with E-state index in [2.05, 4.69) is 20.9 Å². The lowest BCUT2D eigenvalue weighted by Gasteiger charge is -2.04. The molecule has 0 spiro atoms. The Morgan fingerprint density at radius 1 is 1.26 bits per heavy atom. The van der Waals surface area contributed by atoms with Crippen molar-refractivity contribution in [2.75, 3.05) is 7.11 Å². The standard InChI is InChI=1S/C14H11BrClNO2/c1-19-14-5-3-11(16)7-12(14)17-8-9-6-10(15)2-4-13(9)18/h2-8,18H,1H3. The van der Waals surface area contributed by atoms with Crippen LogP contribution in [0.3, 0.4) is 0 Å². The molecule has 2 aromatic carbocycles. The normalized spacial score (nSPS) is 10.9. The molecule has 5 heteroatoms. The Bertz CT molecular complexity index is 629. The third kappa shape index (κ3) is 3.49. The first-order chi connectivity index (χ1) is 9.10. The monoisotopic (exact) mass is 339 g/mol. The van der Waals surface area contributed by atoms with E-state index in [0.29, 0.717) is 22.0 Å². The molecule has 0 fully saturated rings.